The molecule has 2 aromatic rings. The molecule has 2 rings (SSSR count). The summed E-state index contributed by atoms with van der Waals surface area (Å²) in [6.07, 6.45) is 1.60. The van der Waals surface area contributed by atoms with Gasteiger partial charge in [-0.3, -0.25) is 10.6 Å². The van der Waals surface area contributed by atoms with Crippen LogP contribution in [-0.2, 0) is 5.41 Å². The zero-order valence-electron chi connectivity index (χ0n) is 11.4. The van der Waals surface area contributed by atoms with E-state index in [2.05, 4.69) is 36.7 Å². The molecule has 2 N–H and O–H groups in total. The molecule has 0 spiro atoms. The number of urea groups is 1. The van der Waals surface area contributed by atoms with Gasteiger partial charge in [-0.15, -0.1) is 0 Å². The first-order valence-electron chi connectivity index (χ1n) is 6.01. The second-order valence-corrected chi connectivity index (χ2v) is 6.18. The predicted octanol–water partition coefficient (Wildman–Crippen LogP) is 3.77. The monoisotopic (exact) mass is 338 g/mol. The molecule has 0 aliphatic heterocycles. The zero-order chi connectivity index (χ0) is 14.8. The molecule has 6 nitrogen and oxygen atoms in total. The van der Waals surface area contributed by atoms with Crippen molar-refractivity contribution in [3.05, 3.63) is 34.6 Å². The van der Waals surface area contributed by atoms with Crippen molar-refractivity contribution in [1.29, 1.82) is 0 Å². The highest BCUT2D eigenvalue weighted by molar-refractivity contribution is 9.10. The van der Waals surface area contributed by atoms with Crippen molar-refractivity contribution in [2.75, 3.05) is 10.6 Å². The Morgan fingerprint density at radius 3 is 2.50 bits per heavy atom. The van der Waals surface area contributed by atoms with Gasteiger partial charge in [0.25, 0.3) is 0 Å². The number of amides is 2. The summed E-state index contributed by atoms with van der Waals surface area (Å²) in [4.78, 5) is 15.8. The lowest BCUT2D eigenvalue weighted by Gasteiger charge is -2.12. The molecule has 0 unspecified atom stereocenters. The maximum Gasteiger partial charge on any atom is 0.326 e. The van der Waals surface area contributed by atoms with Crippen molar-refractivity contribution in [2.24, 2.45) is 0 Å². The summed E-state index contributed by atoms with van der Waals surface area (Å²) in [5.74, 6) is 1.52. The van der Waals surface area contributed by atoms with E-state index in [1.807, 2.05) is 20.8 Å². The molecule has 2 heterocycles. The summed E-state index contributed by atoms with van der Waals surface area (Å²) in [5.41, 5.74) is -0.156. The van der Waals surface area contributed by atoms with Crippen LogP contribution < -0.4 is 10.6 Å². The molecule has 2 aromatic heterocycles. The third-order valence-electron chi connectivity index (χ3n) is 2.46. The van der Waals surface area contributed by atoms with E-state index in [-0.39, 0.29) is 5.41 Å². The lowest BCUT2D eigenvalue weighted by Crippen LogP contribution is -2.20. The van der Waals surface area contributed by atoms with E-state index in [4.69, 9.17) is 4.52 Å². The number of halogens is 1. The van der Waals surface area contributed by atoms with Gasteiger partial charge >= 0.3 is 6.03 Å². The minimum Gasteiger partial charge on any atom is -0.359 e. The Labute approximate surface area is 125 Å². The Hall–Kier alpha value is -1.89. The fourth-order valence-corrected chi connectivity index (χ4v) is 1.64. The lowest BCUT2D eigenvalue weighted by atomic mass is 9.93. The van der Waals surface area contributed by atoms with Crippen LogP contribution in [0.5, 0.6) is 0 Å². The second-order valence-electron chi connectivity index (χ2n) is 5.27. The van der Waals surface area contributed by atoms with Crippen LogP contribution in [0, 0.1) is 0 Å². The number of hydrogen-bond acceptors (Lipinski definition) is 4. The summed E-state index contributed by atoms with van der Waals surface area (Å²) in [6.45, 7) is 6.01. The molecule has 0 aromatic carbocycles. The van der Waals surface area contributed by atoms with Crippen LogP contribution in [0.1, 0.15) is 26.5 Å². The first-order chi connectivity index (χ1) is 9.34. The first-order valence-corrected chi connectivity index (χ1v) is 6.80. The summed E-state index contributed by atoms with van der Waals surface area (Å²) in [6, 6.07) is 4.76. The fraction of sp³-hybridized carbons (Fsp3) is 0.308. The summed E-state index contributed by atoms with van der Waals surface area (Å²) in [5, 5.41) is 9.00. The van der Waals surface area contributed by atoms with E-state index in [9.17, 15) is 4.79 Å². The van der Waals surface area contributed by atoms with E-state index >= 15 is 0 Å². The molecule has 0 atom stereocenters. The van der Waals surface area contributed by atoms with Gasteiger partial charge in [0.2, 0.25) is 0 Å². The van der Waals surface area contributed by atoms with Crippen LogP contribution >= 0.6 is 15.9 Å². The average Bonchev–Trinajstić information content (AvgIpc) is 2.80. The van der Waals surface area contributed by atoms with Crippen LogP contribution in [0.25, 0.3) is 0 Å². The van der Waals surface area contributed by atoms with Gasteiger partial charge in [0.05, 0.1) is 0 Å². The van der Waals surface area contributed by atoms with Crippen LogP contribution in [0.2, 0.25) is 0 Å². The molecule has 0 bridgehead atoms. The quantitative estimate of drug-likeness (QED) is 0.873. The van der Waals surface area contributed by atoms with Crippen molar-refractivity contribution < 1.29 is 9.32 Å². The number of aromatic nitrogens is 2. The van der Waals surface area contributed by atoms with E-state index in [0.29, 0.717) is 17.4 Å². The smallest absolute Gasteiger partial charge is 0.326 e. The number of nitrogens with zero attached hydrogens (tertiary/aromatic N) is 2. The predicted molar refractivity (Wildman–Crippen MR) is 79.8 cm³/mol. The molecular weight excluding hydrogens is 324 g/mol. The highest BCUT2D eigenvalue weighted by atomic mass is 79.9. The van der Waals surface area contributed by atoms with Crippen molar-refractivity contribution >= 4 is 33.6 Å². The molecule has 7 heteroatoms. The molecule has 0 fully saturated rings. The zero-order valence-corrected chi connectivity index (χ0v) is 13.0. The Bertz CT molecular complexity index is 602. The third-order valence-corrected chi connectivity index (χ3v) is 2.93. The van der Waals surface area contributed by atoms with Gasteiger partial charge in [-0.05, 0) is 28.1 Å². The molecule has 0 saturated heterocycles. The number of carbonyl (C=O) groups excluding carboxylic acids is 1. The van der Waals surface area contributed by atoms with Crippen LogP contribution in [0.4, 0.5) is 16.4 Å². The van der Waals surface area contributed by atoms with E-state index in [0.717, 1.165) is 4.47 Å². The van der Waals surface area contributed by atoms with Crippen LogP contribution in [0.15, 0.2) is 33.4 Å². The van der Waals surface area contributed by atoms with E-state index in [1.54, 1.807) is 24.4 Å². The number of hydrogen-bond donors (Lipinski definition) is 2. The summed E-state index contributed by atoms with van der Waals surface area (Å²) < 4.78 is 6.02. The fourth-order valence-electron chi connectivity index (χ4n) is 1.40. The second kappa shape index (κ2) is 5.62. The maximum atomic E-state index is 11.8. The maximum absolute atomic E-state index is 11.8. The summed E-state index contributed by atoms with van der Waals surface area (Å²) in [7, 11) is 0. The van der Waals surface area contributed by atoms with Crippen LogP contribution in [0.3, 0.4) is 0 Å². The van der Waals surface area contributed by atoms with Gasteiger partial charge < -0.3 is 4.52 Å². The average molecular weight is 339 g/mol. The van der Waals surface area contributed by atoms with E-state index in [1.165, 1.54) is 0 Å². The minimum atomic E-state index is -0.423. The molecule has 0 aliphatic carbocycles. The Balaban J connectivity index is 1.98. The molecule has 0 saturated carbocycles. The molecule has 20 heavy (non-hydrogen) atoms. The number of nitrogens with one attached hydrogen (secondary N) is 2. The van der Waals surface area contributed by atoms with Gasteiger partial charge in [0.1, 0.15) is 11.6 Å². The van der Waals surface area contributed by atoms with Gasteiger partial charge in [-0.1, -0.05) is 25.9 Å². The highest BCUT2D eigenvalue weighted by Gasteiger charge is 2.20. The number of rotatable bonds is 2. The Morgan fingerprint density at radius 1 is 1.25 bits per heavy atom. The molecule has 0 aliphatic rings. The van der Waals surface area contributed by atoms with Gasteiger partial charge in [0.15, 0.2) is 5.82 Å². The topological polar surface area (TPSA) is 80.0 Å². The van der Waals surface area contributed by atoms with Crippen LogP contribution in [-0.4, -0.2) is 16.2 Å². The number of anilines is 2. The van der Waals surface area contributed by atoms with Gasteiger partial charge in [-0.25, -0.2) is 9.78 Å². The highest BCUT2D eigenvalue weighted by Crippen LogP contribution is 2.24. The molecule has 2 amide bonds. The molecule has 106 valence electrons. The van der Waals surface area contributed by atoms with Crippen molar-refractivity contribution in [1.82, 2.24) is 10.1 Å². The normalized spacial score (nSPS) is 11.2. The Morgan fingerprint density at radius 2 is 1.95 bits per heavy atom. The van der Waals surface area contributed by atoms with Gasteiger partial charge in [0, 0.05) is 22.2 Å². The third kappa shape index (κ3) is 3.80. The largest absolute Gasteiger partial charge is 0.359 e. The first kappa shape index (κ1) is 14.5. The standard InChI is InChI=1S/C13H15BrN4O2/c1-13(2,3)9-6-11(18-20-9)17-12(19)16-10-5-4-8(14)7-15-10/h4-7H,1-3H3,(H2,15,16,17,18,19). The minimum absolute atomic E-state index is 0.156. The van der Waals surface area contributed by atoms with Crippen molar-refractivity contribution in [3.63, 3.8) is 0 Å². The molecular formula is C13H15BrN4O2. The summed E-state index contributed by atoms with van der Waals surface area (Å²) >= 11 is 3.27. The SMILES string of the molecule is CC(C)(C)c1cc(NC(=O)Nc2ccc(Br)cn2)no1. The van der Waals surface area contributed by atoms with Gasteiger partial charge in [-0.2, -0.15) is 0 Å². The number of pyridine rings is 1. The Kier molecular flexibility index (Phi) is 4.08. The lowest BCUT2D eigenvalue weighted by molar-refractivity contribution is 0.261. The van der Waals surface area contributed by atoms with E-state index < -0.39 is 6.03 Å². The van der Waals surface area contributed by atoms with Crippen molar-refractivity contribution in [3.8, 4) is 0 Å². The molecule has 0 radical (unpaired) electrons. The number of carbonyl (C=O) groups is 1. The van der Waals surface area contributed by atoms with Crippen molar-refractivity contribution in [2.45, 2.75) is 26.2 Å².